The number of ketones is 1. The van der Waals surface area contributed by atoms with E-state index in [0.717, 1.165) is 16.3 Å². The molecule has 200 valence electrons. The molecule has 0 aromatic heterocycles. The Bertz CT molecular complexity index is 1260. The predicted molar refractivity (Wildman–Crippen MR) is 150 cm³/mol. The van der Waals surface area contributed by atoms with Gasteiger partial charge in [-0.1, -0.05) is 60.7 Å². The van der Waals surface area contributed by atoms with Crippen LogP contribution >= 0.6 is 0 Å². The summed E-state index contributed by atoms with van der Waals surface area (Å²) in [5.41, 5.74) is 1.13. The van der Waals surface area contributed by atoms with Crippen molar-refractivity contribution in [2.24, 2.45) is 0 Å². The number of carbonyl (C=O) groups excluding carboxylic acids is 4. The monoisotopic (exact) mass is 515 g/mol. The second kappa shape index (κ2) is 13.5. The van der Waals surface area contributed by atoms with Crippen LogP contribution in [0.5, 0.6) is 0 Å². The Morgan fingerprint density at radius 2 is 1.47 bits per heavy atom. The maximum absolute atomic E-state index is 13.0. The molecular weight excluding hydrogens is 478 g/mol. The van der Waals surface area contributed by atoms with E-state index in [9.17, 15) is 19.2 Å². The molecule has 0 radical (unpaired) electrons. The van der Waals surface area contributed by atoms with Gasteiger partial charge in [-0.25, -0.2) is 0 Å². The van der Waals surface area contributed by atoms with Gasteiger partial charge in [0, 0.05) is 30.5 Å². The third-order valence-corrected chi connectivity index (χ3v) is 6.01. The van der Waals surface area contributed by atoms with Crippen LogP contribution in [0.4, 0.5) is 0 Å². The van der Waals surface area contributed by atoms with Crippen molar-refractivity contribution in [1.29, 1.82) is 0 Å². The molecule has 0 aliphatic heterocycles. The molecule has 0 fully saturated rings. The number of Topliss-reactive ketones (excluding diaryl/α,β-unsaturated/α-hetero) is 1. The lowest BCUT2D eigenvalue weighted by Gasteiger charge is -2.23. The van der Waals surface area contributed by atoms with Crippen molar-refractivity contribution in [3.63, 3.8) is 0 Å². The van der Waals surface area contributed by atoms with Crippen molar-refractivity contribution in [1.82, 2.24) is 16.0 Å². The first-order valence-electron chi connectivity index (χ1n) is 13.0. The fourth-order valence-electron chi connectivity index (χ4n) is 4.14. The molecule has 0 heterocycles. The zero-order valence-electron chi connectivity index (χ0n) is 22.4. The van der Waals surface area contributed by atoms with Crippen molar-refractivity contribution in [2.45, 2.75) is 64.5 Å². The summed E-state index contributed by atoms with van der Waals surface area (Å²) in [6, 6.07) is 22.0. The topological polar surface area (TPSA) is 104 Å². The lowest BCUT2D eigenvalue weighted by atomic mass is 10.0. The highest BCUT2D eigenvalue weighted by molar-refractivity contribution is 5.98. The molecule has 7 heteroatoms. The van der Waals surface area contributed by atoms with Gasteiger partial charge in [0.25, 0.3) is 5.91 Å². The van der Waals surface area contributed by atoms with Gasteiger partial charge in [0.05, 0.1) is 12.5 Å². The van der Waals surface area contributed by atoms with Gasteiger partial charge in [-0.15, -0.1) is 0 Å². The molecule has 7 nitrogen and oxygen atoms in total. The molecule has 3 aromatic carbocycles. The van der Waals surface area contributed by atoms with Gasteiger partial charge >= 0.3 is 0 Å². The van der Waals surface area contributed by atoms with Crippen LogP contribution in [0.1, 0.15) is 62.4 Å². The van der Waals surface area contributed by atoms with Crippen LogP contribution in [-0.2, 0) is 20.8 Å². The van der Waals surface area contributed by atoms with Crippen LogP contribution < -0.4 is 16.0 Å². The quantitative estimate of drug-likeness (QED) is 0.312. The van der Waals surface area contributed by atoms with Crippen molar-refractivity contribution in [2.75, 3.05) is 6.54 Å². The van der Waals surface area contributed by atoms with E-state index < -0.39 is 11.6 Å². The molecule has 3 aromatic rings. The van der Waals surface area contributed by atoms with E-state index in [-0.39, 0.29) is 42.8 Å². The van der Waals surface area contributed by atoms with Crippen LogP contribution in [0.25, 0.3) is 10.8 Å². The number of hydrogen-bond acceptors (Lipinski definition) is 4. The molecule has 0 bridgehead atoms. The van der Waals surface area contributed by atoms with Gasteiger partial charge in [-0.2, -0.15) is 0 Å². The minimum Gasteiger partial charge on any atom is -0.352 e. The Morgan fingerprint density at radius 1 is 0.789 bits per heavy atom. The molecule has 0 aliphatic rings. The zero-order valence-corrected chi connectivity index (χ0v) is 22.4. The molecule has 38 heavy (non-hydrogen) atoms. The van der Waals surface area contributed by atoms with Gasteiger partial charge in [-0.05, 0) is 62.1 Å². The van der Waals surface area contributed by atoms with Crippen LogP contribution in [0.2, 0.25) is 0 Å². The third kappa shape index (κ3) is 9.47. The third-order valence-electron chi connectivity index (χ3n) is 6.01. The minimum absolute atomic E-state index is 0.128. The maximum atomic E-state index is 13.0. The molecule has 0 aliphatic carbocycles. The highest BCUT2D eigenvalue weighted by Gasteiger charge is 2.25. The zero-order chi connectivity index (χ0) is 27.5. The number of fused-ring (bicyclic) bond motifs is 1. The van der Waals surface area contributed by atoms with Crippen molar-refractivity contribution < 1.29 is 19.2 Å². The van der Waals surface area contributed by atoms with Gasteiger partial charge < -0.3 is 16.0 Å². The summed E-state index contributed by atoms with van der Waals surface area (Å²) >= 11 is 0. The fraction of sp³-hybridized carbons (Fsp3) is 0.355. The average molecular weight is 516 g/mol. The number of rotatable bonds is 12. The summed E-state index contributed by atoms with van der Waals surface area (Å²) in [5.74, 6) is -1.02. The summed E-state index contributed by atoms with van der Waals surface area (Å²) < 4.78 is 0. The Kier molecular flexibility index (Phi) is 10.2. The van der Waals surface area contributed by atoms with Gasteiger partial charge in [0.2, 0.25) is 11.8 Å². The summed E-state index contributed by atoms with van der Waals surface area (Å²) in [6.07, 6.45) is 1.16. The van der Waals surface area contributed by atoms with E-state index in [1.807, 2.05) is 87.5 Å². The van der Waals surface area contributed by atoms with E-state index in [1.165, 1.54) is 0 Å². The van der Waals surface area contributed by atoms with Gasteiger partial charge in [0.1, 0.15) is 0 Å². The van der Waals surface area contributed by atoms with E-state index in [0.29, 0.717) is 24.9 Å². The van der Waals surface area contributed by atoms with Gasteiger partial charge in [-0.3, -0.25) is 19.2 Å². The van der Waals surface area contributed by atoms with Crippen molar-refractivity contribution >= 4 is 34.3 Å². The first-order valence-corrected chi connectivity index (χ1v) is 13.0. The summed E-state index contributed by atoms with van der Waals surface area (Å²) in [7, 11) is 0. The summed E-state index contributed by atoms with van der Waals surface area (Å²) in [6.45, 7) is 5.88. The van der Waals surface area contributed by atoms with Gasteiger partial charge in [0.15, 0.2) is 5.78 Å². The lowest BCUT2D eigenvalue weighted by Crippen LogP contribution is -2.47. The van der Waals surface area contributed by atoms with Crippen LogP contribution in [0, 0.1) is 0 Å². The fourth-order valence-corrected chi connectivity index (χ4v) is 4.14. The SMILES string of the molecule is CC(C)(C)NC(=O)C[C@H](NC(=O)CCc1ccccc1)C(=O)CCCNC(=O)c1ccc2ccccc2c1. The molecule has 3 N–H and O–H groups in total. The van der Waals surface area contributed by atoms with Crippen LogP contribution in [0.3, 0.4) is 0 Å². The normalized spacial score (nSPS) is 12.0. The maximum Gasteiger partial charge on any atom is 0.251 e. The summed E-state index contributed by atoms with van der Waals surface area (Å²) in [5, 5.41) is 10.5. The van der Waals surface area contributed by atoms with Crippen LogP contribution in [-0.4, -0.2) is 41.6 Å². The largest absolute Gasteiger partial charge is 0.352 e. The average Bonchev–Trinajstić information content (AvgIpc) is 2.88. The standard InChI is InChI=1S/C31H37N3O4/c1-31(2,3)34-29(37)21-26(33-28(36)18-15-22-10-5-4-6-11-22)27(35)14-9-19-32-30(38)25-17-16-23-12-7-8-13-24(23)20-25/h4-8,10-13,16-17,20,26H,9,14-15,18-19,21H2,1-3H3,(H,32,38)(H,33,36)(H,34,37)/t26-/m0/s1. The Labute approximate surface area is 224 Å². The highest BCUT2D eigenvalue weighted by atomic mass is 16.2. The highest BCUT2D eigenvalue weighted by Crippen LogP contribution is 2.15. The minimum atomic E-state index is -0.920. The number of benzene rings is 3. The second-order valence-corrected chi connectivity index (χ2v) is 10.5. The molecule has 0 saturated carbocycles. The van der Waals surface area contributed by atoms with E-state index in [2.05, 4.69) is 16.0 Å². The predicted octanol–water partition coefficient (Wildman–Crippen LogP) is 4.34. The summed E-state index contributed by atoms with van der Waals surface area (Å²) in [4.78, 5) is 50.7. The number of aryl methyl sites for hydroxylation is 1. The Hall–Kier alpha value is -4.00. The molecule has 3 rings (SSSR count). The molecule has 0 unspecified atom stereocenters. The van der Waals surface area contributed by atoms with Crippen molar-refractivity contribution in [3.8, 4) is 0 Å². The smallest absolute Gasteiger partial charge is 0.251 e. The first-order chi connectivity index (χ1) is 18.1. The number of amides is 3. The molecule has 3 amide bonds. The van der Waals surface area contributed by atoms with E-state index in [4.69, 9.17) is 0 Å². The van der Waals surface area contributed by atoms with E-state index in [1.54, 1.807) is 6.07 Å². The number of carbonyl (C=O) groups is 4. The molecule has 1 atom stereocenters. The molecule has 0 saturated heterocycles. The Balaban J connectivity index is 1.52. The number of nitrogens with one attached hydrogen (secondary N) is 3. The second-order valence-electron chi connectivity index (χ2n) is 10.5. The molecular formula is C31H37N3O4. The lowest BCUT2D eigenvalue weighted by molar-refractivity contribution is -0.131. The number of hydrogen-bond donors (Lipinski definition) is 3. The molecule has 0 spiro atoms. The van der Waals surface area contributed by atoms with Crippen molar-refractivity contribution in [3.05, 3.63) is 83.9 Å². The first kappa shape index (κ1) is 28.6. The van der Waals surface area contributed by atoms with Crippen LogP contribution in [0.15, 0.2) is 72.8 Å². The Morgan fingerprint density at radius 3 is 2.18 bits per heavy atom. The van der Waals surface area contributed by atoms with E-state index >= 15 is 0 Å².